The van der Waals surface area contributed by atoms with Crippen LogP contribution in [0.2, 0.25) is 0 Å². The van der Waals surface area contributed by atoms with Crippen molar-refractivity contribution in [1.29, 1.82) is 0 Å². The van der Waals surface area contributed by atoms with Crippen molar-refractivity contribution < 1.29 is 17.9 Å². The quantitative estimate of drug-likeness (QED) is 0.805. The second-order valence-corrected chi connectivity index (χ2v) is 9.13. The molecular weight excluding hydrogens is 356 g/mol. The number of amides is 1. The van der Waals surface area contributed by atoms with Gasteiger partial charge in [-0.2, -0.15) is 9.40 Å². The summed E-state index contributed by atoms with van der Waals surface area (Å²) < 4.78 is 34.2. The number of aromatic nitrogens is 2. The lowest BCUT2D eigenvalue weighted by Gasteiger charge is -2.32. The minimum Gasteiger partial charge on any atom is -0.381 e. The average molecular weight is 385 g/mol. The van der Waals surface area contributed by atoms with E-state index in [0.29, 0.717) is 38.5 Å². The number of ether oxygens (including phenoxy) is 1. The number of carbonyl (C=O) groups excluding carboxylic acids is 1. The van der Waals surface area contributed by atoms with Gasteiger partial charge in [0.05, 0.1) is 11.9 Å². The fourth-order valence-electron chi connectivity index (χ4n) is 3.63. The molecule has 0 spiro atoms. The Labute approximate surface area is 154 Å². The molecule has 1 amide bonds. The summed E-state index contributed by atoms with van der Waals surface area (Å²) in [6.07, 6.45) is 4.66. The lowest BCUT2D eigenvalue weighted by Crippen LogP contribution is -2.45. The zero-order valence-electron chi connectivity index (χ0n) is 15.5. The fourth-order valence-corrected chi connectivity index (χ4v) is 5.37. The number of aryl methyl sites for hydroxylation is 1. The highest BCUT2D eigenvalue weighted by molar-refractivity contribution is 7.89. The number of piperidine rings is 1. The van der Waals surface area contributed by atoms with Crippen molar-refractivity contribution in [3.63, 3.8) is 0 Å². The van der Waals surface area contributed by atoms with Crippen molar-refractivity contribution in [3.8, 4) is 0 Å². The van der Waals surface area contributed by atoms with E-state index in [4.69, 9.17) is 4.74 Å². The molecule has 1 aromatic heterocycles. The van der Waals surface area contributed by atoms with E-state index < -0.39 is 10.0 Å². The molecule has 0 aliphatic carbocycles. The van der Waals surface area contributed by atoms with Crippen LogP contribution in [0.1, 0.15) is 31.4 Å². The van der Waals surface area contributed by atoms with Crippen LogP contribution >= 0.6 is 0 Å². The highest BCUT2D eigenvalue weighted by Gasteiger charge is 2.33. The van der Waals surface area contributed by atoms with Gasteiger partial charge in [-0.25, -0.2) is 8.42 Å². The number of carbonyl (C=O) groups is 1. The number of hydrogen-bond acceptors (Lipinski definition) is 5. The largest absolute Gasteiger partial charge is 0.381 e. The van der Waals surface area contributed by atoms with Crippen LogP contribution in [-0.2, 0) is 26.6 Å². The Balaban J connectivity index is 1.58. The highest BCUT2D eigenvalue weighted by atomic mass is 32.2. The van der Waals surface area contributed by atoms with Gasteiger partial charge in [0.15, 0.2) is 0 Å². The minimum atomic E-state index is -3.54. The van der Waals surface area contributed by atoms with E-state index in [0.717, 1.165) is 25.7 Å². The third kappa shape index (κ3) is 4.10. The van der Waals surface area contributed by atoms with Crippen molar-refractivity contribution >= 4 is 15.9 Å². The molecule has 2 aliphatic rings. The SMILES string of the molecule is Cc1c(S(=O)(=O)N2CCCC(CNC(=O)C3CCOCC3)C2)cnn1C. The molecule has 0 bridgehead atoms. The normalized spacial score (nSPS) is 23.1. The molecule has 146 valence electrons. The van der Waals surface area contributed by atoms with E-state index in [1.54, 1.807) is 18.7 Å². The number of rotatable bonds is 5. The number of hydrogen-bond donors (Lipinski definition) is 1. The number of nitrogens with one attached hydrogen (secondary N) is 1. The maximum Gasteiger partial charge on any atom is 0.246 e. The molecule has 1 unspecified atom stereocenters. The summed E-state index contributed by atoms with van der Waals surface area (Å²) in [7, 11) is -1.81. The van der Waals surface area contributed by atoms with Crippen molar-refractivity contribution in [1.82, 2.24) is 19.4 Å². The van der Waals surface area contributed by atoms with E-state index in [9.17, 15) is 13.2 Å². The summed E-state index contributed by atoms with van der Waals surface area (Å²) in [6, 6.07) is 0. The second kappa shape index (κ2) is 8.06. The molecule has 0 saturated carbocycles. The van der Waals surface area contributed by atoms with Gasteiger partial charge in [0, 0.05) is 45.8 Å². The third-order valence-corrected chi connectivity index (χ3v) is 7.41. The summed E-state index contributed by atoms with van der Waals surface area (Å²) in [5, 5.41) is 7.07. The summed E-state index contributed by atoms with van der Waals surface area (Å²) in [4.78, 5) is 12.5. The van der Waals surface area contributed by atoms with E-state index in [2.05, 4.69) is 10.4 Å². The molecule has 0 aromatic carbocycles. The molecule has 9 heteroatoms. The first-order chi connectivity index (χ1) is 12.4. The van der Waals surface area contributed by atoms with Gasteiger partial charge < -0.3 is 10.1 Å². The minimum absolute atomic E-state index is 0.0187. The number of sulfonamides is 1. The summed E-state index contributed by atoms with van der Waals surface area (Å²) in [6.45, 7) is 4.51. The maximum atomic E-state index is 12.9. The topological polar surface area (TPSA) is 93.5 Å². The zero-order chi connectivity index (χ0) is 18.7. The molecule has 3 rings (SSSR count). The van der Waals surface area contributed by atoms with E-state index in [1.807, 2.05) is 0 Å². The predicted octanol–water partition coefficient (Wildman–Crippen LogP) is 0.672. The summed E-state index contributed by atoms with van der Waals surface area (Å²) in [5.41, 5.74) is 0.639. The van der Waals surface area contributed by atoms with Crippen LogP contribution in [0.15, 0.2) is 11.1 Å². The van der Waals surface area contributed by atoms with Crippen molar-refractivity contribution in [2.45, 2.75) is 37.5 Å². The van der Waals surface area contributed by atoms with Crippen LogP contribution in [0.3, 0.4) is 0 Å². The standard InChI is InChI=1S/C17H28N4O4S/c1-13-16(11-19-20(13)2)26(23,24)21-7-3-4-14(12-21)10-18-17(22)15-5-8-25-9-6-15/h11,14-15H,3-10,12H2,1-2H3,(H,18,22). The molecule has 0 radical (unpaired) electrons. The smallest absolute Gasteiger partial charge is 0.246 e. The summed E-state index contributed by atoms with van der Waals surface area (Å²) in [5.74, 6) is 0.223. The van der Waals surface area contributed by atoms with E-state index in [-0.39, 0.29) is 22.6 Å². The third-order valence-electron chi connectivity index (χ3n) is 5.45. The van der Waals surface area contributed by atoms with Gasteiger partial charge in [-0.05, 0) is 38.5 Å². The first-order valence-electron chi connectivity index (χ1n) is 9.24. The van der Waals surface area contributed by atoms with Crippen LogP contribution in [0.4, 0.5) is 0 Å². The van der Waals surface area contributed by atoms with Crippen LogP contribution in [0.5, 0.6) is 0 Å². The monoisotopic (exact) mass is 384 g/mol. The van der Waals surface area contributed by atoms with Gasteiger partial charge in [0.25, 0.3) is 0 Å². The Bertz CT molecular complexity index is 740. The molecule has 8 nitrogen and oxygen atoms in total. The lowest BCUT2D eigenvalue weighted by molar-refractivity contribution is -0.128. The fraction of sp³-hybridized carbons (Fsp3) is 0.765. The lowest BCUT2D eigenvalue weighted by atomic mass is 9.97. The molecule has 2 fully saturated rings. The molecule has 1 aromatic rings. The van der Waals surface area contributed by atoms with Gasteiger partial charge >= 0.3 is 0 Å². The molecule has 2 saturated heterocycles. The first-order valence-corrected chi connectivity index (χ1v) is 10.7. The Kier molecular flexibility index (Phi) is 5.99. The van der Waals surface area contributed by atoms with Crippen LogP contribution in [0.25, 0.3) is 0 Å². The Hall–Kier alpha value is -1.45. The molecule has 3 heterocycles. The maximum absolute atomic E-state index is 12.9. The average Bonchev–Trinajstić information content (AvgIpc) is 3.00. The molecule has 2 aliphatic heterocycles. The van der Waals surface area contributed by atoms with E-state index in [1.165, 1.54) is 10.5 Å². The molecule has 1 atom stereocenters. The highest BCUT2D eigenvalue weighted by Crippen LogP contribution is 2.25. The second-order valence-electron chi connectivity index (χ2n) is 7.22. The van der Waals surface area contributed by atoms with Crippen LogP contribution in [-0.4, -0.2) is 61.3 Å². The van der Waals surface area contributed by atoms with Crippen molar-refractivity contribution in [2.24, 2.45) is 18.9 Å². The summed E-state index contributed by atoms with van der Waals surface area (Å²) >= 11 is 0. The van der Waals surface area contributed by atoms with Gasteiger partial charge in [0.2, 0.25) is 15.9 Å². The molecule has 1 N–H and O–H groups in total. The molecule has 26 heavy (non-hydrogen) atoms. The van der Waals surface area contributed by atoms with Crippen LogP contribution < -0.4 is 5.32 Å². The Morgan fingerprint density at radius 3 is 2.73 bits per heavy atom. The van der Waals surface area contributed by atoms with Crippen molar-refractivity contribution in [3.05, 3.63) is 11.9 Å². The first kappa shape index (κ1) is 19.3. The van der Waals surface area contributed by atoms with Gasteiger partial charge in [-0.15, -0.1) is 0 Å². The van der Waals surface area contributed by atoms with E-state index >= 15 is 0 Å². The molecular formula is C17H28N4O4S. The Morgan fingerprint density at radius 2 is 2.08 bits per heavy atom. The van der Waals surface area contributed by atoms with Crippen LogP contribution in [0, 0.1) is 18.8 Å². The van der Waals surface area contributed by atoms with Gasteiger partial charge in [0.1, 0.15) is 4.90 Å². The Morgan fingerprint density at radius 1 is 1.35 bits per heavy atom. The predicted molar refractivity (Wildman–Crippen MR) is 96.0 cm³/mol. The van der Waals surface area contributed by atoms with Crippen molar-refractivity contribution in [2.75, 3.05) is 32.8 Å². The zero-order valence-corrected chi connectivity index (χ0v) is 16.3. The number of nitrogens with zero attached hydrogens (tertiary/aromatic N) is 3. The van der Waals surface area contributed by atoms with Gasteiger partial charge in [-0.1, -0.05) is 0 Å². The van der Waals surface area contributed by atoms with Gasteiger partial charge in [-0.3, -0.25) is 9.48 Å².